The summed E-state index contributed by atoms with van der Waals surface area (Å²) in [4.78, 5) is 3.15. The van der Waals surface area contributed by atoms with Crippen LogP contribution in [0.4, 0.5) is 22.0 Å². The Kier molecular flexibility index (Phi) is 4.79. The lowest BCUT2D eigenvalue weighted by Crippen LogP contribution is -2.16. The zero-order valence-electron chi connectivity index (χ0n) is 8.68. The first-order valence-electron chi connectivity index (χ1n) is 4.38. The lowest BCUT2D eigenvalue weighted by atomic mass is 10.1. The molecule has 0 aliphatic heterocycles. The predicted octanol–water partition coefficient (Wildman–Crippen LogP) is 3.86. The van der Waals surface area contributed by atoms with Crippen LogP contribution in [0.3, 0.4) is 0 Å². The van der Waals surface area contributed by atoms with Gasteiger partial charge in [0.25, 0.3) is 15.5 Å². The molecule has 0 aliphatic carbocycles. The van der Waals surface area contributed by atoms with Gasteiger partial charge in [0.15, 0.2) is 5.03 Å². The summed E-state index contributed by atoms with van der Waals surface area (Å²) in [6.07, 6.45) is -8.61. The van der Waals surface area contributed by atoms with E-state index in [0.717, 1.165) is 0 Å². The van der Waals surface area contributed by atoms with Crippen molar-refractivity contribution in [1.29, 1.82) is 0 Å². The molecule has 0 unspecified atom stereocenters. The Morgan fingerprint density at radius 1 is 1.37 bits per heavy atom. The van der Waals surface area contributed by atoms with Crippen molar-refractivity contribution in [3.63, 3.8) is 0 Å². The number of hydrogen-bond donors (Lipinski definition) is 0. The molecule has 1 aromatic rings. The second-order valence-electron chi connectivity index (χ2n) is 3.24. The number of hydrogen-bond acceptors (Lipinski definition) is 3. The van der Waals surface area contributed by atoms with Crippen LogP contribution in [0.5, 0.6) is 0 Å². The van der Waals surface area contributed by atoms with E-state index in [1.807, 2.05) is 0 Å². The van der Waals surface area contributed by atoms with Crippen LogP contribution in [0.25, 0.3) is 0 Å². The van der Waals surface area contributed by atoms with Gasteiger partial charge in [0, 0.05) is 21.6 Å². The molecule has 0 amide bonds. The van der Waals surface area contributed by atoms with Gasteiger partial charge >= 0.3 is 6.18 Å². The van der Waals surface area contributed by atoms with Crippen LogP contribution in [0, 0.1) is 0 Å². The zero-order valence-corrected chi connectivity index (χ0v) is 11.8. The maximum absolute atomic E-state index is 12.7. The van der Waals surface area contributed by atoms with Crippen LogP contribution in [-0.4, -0.2) is 13.4 Å². The minimum Gasteiger partial charge on any atom is -0.239 e. The van der Waals surface area contributed by atoms with Gasteiger partial charge in [-0.2, -0.15) is 13.2 Å². The Hall–Kier alpha value is -0.480. The minimum absolute atomic E-state index is 0.127. The lowest BCUT2D eigenvalue weighted by Gasteiger charge is -2.16. The first kappa shape index (κ1) is 16.6. The van der Waals surface area contributed by atoms with Gasteiger partial charge in [-0.05, 0) is 6.07 Å². The third-order valence-corrected chi connectivity index (χ3v) is 3.71. The molecule has 1 heterocycles. The number of alkyl halides is 6. The number of aromatic nitrogens is 1. The predicted molar refractivity (Wildman–Crippen MR) is 59.9 cm³/mol. The third kappa shape index (κ3) is 3.76. The van der Waals surface area contributed by atoms with E-state index >= 15 is 0 Å². The summed E-state index contributed by atoms with van der Waals surface area (Å²) in [5.41, 5.74) is -4.01. The highest BCUT2D eigenvalue weighted by molar-refractivity contribution is 9.08. The maximum atomic E-state index is 12.7. The molecule has 11 heteroatoms. The number of rotatable bonds is 3. The molecule has 3 nitrogen and oxygen atoms in total. The highest BCUT2D eigenvalue weighted by atomic mass is 79.9. The van der Waals surface area contributed by atoms with E-state index in [1.165, 1.54) is 0 Å². The molecular weight excluding hydrogens is 385 g/mol. The largest absolute Gasteiger partial charge is 0.418 e. The average Bonchev–Trinajstić information content (AvgIpc) is 2.24. The van der Waals surface area contributed by atoms with Crippen LogP contribution < -0.4 is 0 Å². The first-order chi connectivity index (χ1) is 8.48. The lowest BCUT2D eigenvalue weighted by molar-refractivity contribution is -0.140. The maximum Gasteiger partial charge on any atom is 0.418 e. The molecule has 0 bridgehead atoms. The van der Waals surface area contributed by atoms with Crippen molar-refractivity contribution in [2.45, 2.75) is 23.0 Å². The molecule has 108 valence electrons. The summed E-state index contributed by atoms with van der Waals surface area (Å²) >= 11 is 2.64. The molecule has 1 aromatic heterocycles. The molecule has 0 aliphatic rings. The second-order valence-corrected chi connectivity index (χ2v) is 6.31. The fourth-order valence-electron chi connectivity index (χ4n) is 1.31. The molecular formula is C8H4BrClF5NO2S. The highest BCUT2D eigenvalue weighted by Crippen LogP contribution is 2.39. The molecule has 0 N–H and O–H groups in total. The van der Waals surface area contributed by atoms with Crippen LogP contribution in [0.1, 0.15) is 23.2 Å². The van der Waals surface area contributed by atoms with Crippen molar-refractivity contribution in [1.82, 2.24) is 4.98 Å². The zero-order chi connectivity index (χ0) is 15.0. The van der Waals surface area contributed by atoms with Crippen molar-refractivity contribution < 1.29 is 30.4 Å². The third-order valence-electron chi connectivity index (χ3n) is 2.00. The van der Waals surface area contributed by atoms with E-state index in [2.05, 4.69) is 20.9 Å². The number of halogens is 7. The fraction of sp³-hybridized carbons (Fsp3) is 0.375. The van der Waals surface area contributed by atoms with Crippen molar-refractivity contribution in [2.24, 2.45) is 0 Å². The van der Waals surface area contributed by atoms with Crippen molar-refractivity contribution in [2.75, 3.05) is 0 Å². The van der Waals surface area contributed by atoms with E-state index in [0.29, 0.717) is 0 Å². The van der Waals surface area contributed by atoms with E-state index < -0.39 is 48.8 Å². The van der Waals surface area contributed by atoms with Crippen LogP contribution in [-0.2, 0) is 20.6 Å². The molecule has 0 fully saturated rings. The van der Waals surface area contributed by atoms with Crippen molar-refractivity contribution in [3.05, 3.63) is 22.9 Å². The van der Waals surface area contributed by atoms with E-state index in [1.54, 1.807) is 0 Å². The monoisotopic (exact) mass is 387 g/mol. The summed E-state index contributed by atoms with van der Waals surface area (Å²) in [5.74, 6) is 0. The summed E-state index contributed by atoms with van der Waals surface area (Å²) < 4.78 is 85.4. The Bertz CT molecular complexity index is 590. The topological polar surface area (TPSA) is 47.0 Å². The molecule has 0 saturated carbocycles. The molecule has 19 heavy (non-hydrogen) atoms. The van der Waals surface area contributed by atoms with Crippen LogP contribution in [0.15, 0.2) is 11.1 Å². The summed E-state index contributed by atoms with van der Waals surface area (Å²) in [7, 11) is 0.385. The molecule has 1 rings (SSSR count). The smallest absolute Gasteiger partial charge is 0.239 e. The Morgan fingerprint density at radius 2 is 1.89 bits per heavy atom. The van der Waals surface area contributed by atoms with Crippen LogP contribution >= 0.6 is 26.6 Å². The van der Waals surface area contributed by atoms with Gasteiger partial charge in [0.2, 0.25) is 0 Å². The van der Waals surface area contributed by atoms with Crippen LogP contribution in [0.2, 0.25) is 0 Å². The Morgan fingerprint density at radius 3 is 2.21 bits per heavy atom. The highest BCUT2D eigenvalue weighted by Gasteiger charge is 2.40. The van der Waals surface area contributed by atoms with Crippen molar-refractivity contribution in [3.8, 4) is 0 Å². The second kappa shape index (κ2) is 5.49. The summed E-state index contributed by atoms with van der Waals surface area (Å²) in [6.45, 7) is 0. The number of pyridine rings is 1. The minimum atomic E-state index is -5.09. The molecule has 0 atom stereocenters. The molecule has 0 aromatic carbocycles. The van der Waals surface area contributed by atoms with Gasteiger partial charge in [-0.1, -0.05) is 15.9 Å². The summed E-state index contributed by atoms with van der Waals surface area (Å²) in [5, 5.41) is -1.60. The Labute approximate surface area is 117 Å². The van der Waals surface area contributed by atoms with E-state index in [-0.39, 0.29) is 6.07 Å². The van der Waals surface area contributed by atoms with Gasteiger partial charge in [-0.3, -0.25) is 0 Å². The van der Waals surface area contributed by atoms with Gasteiger partial charge in [-0.15, -0.1) is 0 Å². The average molecular weight is 389 g/mol. The SMILES string of the molecule is O=S(=O)(Cl)c1cc(C(F)F)c(C(F)(F)F)c(CBr)n1. The summed E-state index contributed by atoms with van der Waals surface area (Å²) in [6, 6.07) is 0.127. The van der Waals surface area contributed by atoms with Gasteiger partial charge in [0.05, 0.1) is 11.3 Å². The first-order valence-corrected chi connectivity index (χ1v) is 7.81. The molecule has 0 radical (unpaired) electrons. The van der Waals surface area contributed by atoms with Gasteiger partial charge in [-0.25, -0.2) is 22.2 Å². The van der Waals surface area contributed by atoms with Gasteiger partial charge < -0.3 is 0 Å². The quantitative estimate of drug-likeness (QED) is 0.449. The standard InChI is InChI=1S/C8H4BrClF5NO2S/c9-2-4-6(8(13,14)15)3(7(11)12)1-5(16-4)19(10,17)18/h1,7H,2H2. The molecule has 0 spiro atoms. The number of nitrogens with zero attached hydrogens (tertiary/aromatic N) is 1. The van der Waals surface area contributed by atoms with E-state index in [4.69, 9.17) is 10.7 Å². The van der Waals surface area contributed by atoms with E-state index in [9.17, 15) is 30.4 Å². The Balaban J connectivity index is 3.74. The molecule has 0 saturated heterocycles. The normalized spacial score (nSPS) is 13.1. The fourth-order valence-corrected chi connectivity index (χ4v) is 2.44. The van der Waals surface area contributed by atoms with Crippen molar-refractivity contribution >= 4 is 35.7 Å². The van der Waals surface area contributed by atoms with Gasteiger partial charge in [0.1, 0.15) is 0 Å².